The van der Waals surface area contributed by atoms with Crippen molar-refractivity contribution in [2.75, 3.05) is 6.61 Å². The van der Waals surface area contributed by atoms with Gasteiger partial charge < -0.3 is 19.7 Å². The molecule has 3 N–H and O–H groups in total. The molecule has 9 nitrogen and oxygen atoms in total. The van der Waals surface area contributed by atoms with Gasteiger partial charge in [0.2, 0.25) is 0 Å². The number of hydrogen-bond acceptors (Lipinski definition) is 7. The third kappa shape index (κ3) is 3.29. The van der Waals surface area contributed by atoms with E-state index in [2.05, 4.69) is 0 Å². The Balaban J connectivity index is 1.76. The molecule has 1 fully saturated rings. The van der Waals surface area contributed by atoms with Crippen molar-refractivity contribution in [2.24, 2.45) is 0 Å². The predicted molar refractivity (Wildman–Crippen MR) is 84.0 cm³/mol. The molecule has 10 heteroatoms. The zero-order valence-electron chi connectivity index (χ0n) is 13.2. The Bertz CT molecular complexity index is 913. The zero-order valence-corrected chi connectivity index (χ0v) is 13.2. The summed E-state index contributed by atoms with van der Waals surface area (Å²) in [5.41, 5.74) is -1.49. The first kappa shape index (κ1) is 18.0. The molecule has 0 radical (unpaired) electrons. The number of aliphatic hydroxyl groups excluding tert-OH is 2. The molecule has 1 saturated heterocycles. The molecule has 1 aliphatic heterocycles. The van der Waals surface area contributed by atoms with Crippen LogP contribution in [0.25, 0.3) is 0 Å². The monoisotopic (exact) mass is 366 g/mol. The average molecular weight is 366 g/mol. The number of aliphatic hydroxyl groups is 2. The zero-order chi connectivity index (χ0) is 18.9. The minimum Gasteiger partial charge on any atom is -0.456 e. The van der Waals surface area contributed by atoms with Crippen molar-refractivity contribution in [1.82, 2.24) is 9.55 Å². The normalized spacial score (nSPS) is 28.0. The van der Waals surface area contributed by atoms with E-state index in [0.29, 0.717) is 0 Å². The minimum absolute atomic E-state index is 0.164. The number of nitrogens with one attached hydrogen (secondary N) is 1. The smallest absolute Gasteiger partial charge is 0.338 e. The minimum atomic E-state index is -2.94. The van der Waals surface area contributed by atoms with Gasteiger partial charge in [0.05, 0.1) is 5.56 Å². The van der Waals surface area contributed by atoms with Crippen molar-refractivity contribution in [3.8, 4) is 0 Å². The first-order valence-corrected chi connectivity index (χ1v) is 7.58. The Morgan fingerprint density at radius 1 is 1.27 bits per heavy atom. The van der Waals surface area contributed by atoms with Crippen LogP contribution in [0.1, 0.15) is 16.6 Å². The van der Waals surface area contributed by atoms with Crippen molar-refractivity contribution in [3.63, 3.8) is 0 Å². The lowest BCUT2D eigenvalue weighted by Crippen LogP contribution is -2.43. The maximum Gasteiger partial charge on any atom is 0.338 e. The Morgan fingerprint density at radius 2 is 1.96 bits per heavy atom. The first-order chi connectivity index (χ1) is 12.3. The molecular weight excluding hydrogens is 351 g/mol. The molecule has 0 bridgehead atoms. The van der Waals surface area contributed by atoms with Gasteiger partial charge in [-0.25, -0.2) is 14.0 Å². The Hall–Kier alpha value is -2.82. The quantitative estimate of drug-likeness (QED) is 0.611. The van der Waals surface area contributed by atoms with Gasteiger partial charge in [-0.2, -0.15) is 0 Å². The maximum atomic E-state index is 14.9. The fraction of sp³-hybridized carbons (Fsp3) is 0.312. The van der Waals surface area contributed by atoms with Gasteiger partial charge in [0.1, 0.15) is 12.2 Å². The van der Waals surface area contributed by atoms with Crippen molar-refractivity contribution >= 4 is 5.97 Å². The van der Waals surface area contributed by atoms with Gasteiger partial charge in [-0.3, -0.25) is 14.3 Å². The molecule has 1 aliphatic rings. The summed E-state index contributed by atoms with van der Waals surface area (Å²) < 4.78 is 25.4. The SMILES string of the molecule is O=C(OC[C@@]1(F)OC(n2ccc(=O)[nH]c2=O)[C@H](O)[C@@H]1O)c1ccccc1. The van der Waals surface area contributed by atoms with E-state index in [9.17, 15) is 29.0 Å². The summed E-state index contributed by atoms with van der Waals surface area (Å²) in [6.07, 6.45) is -4.55. The van der Waals surface area contributed by atoms with Gasteiger partial charge in [0.15, 0.2) is 12.8 Å². The molecule has 3 rings (SSSR count). The van der Waals surface area contributed by atoms with E-state index in [-0.39, 0.29) is 5.56 Å². The summed E-state index contributed by atoms with van der Waals surface area (Å²) in [6.45, 7) is -1.01. The number of rotatable bonds is 4. The number of aromatic amines is 1. The summed E-state index contributed by atoms with van der Waals surface area (Å²) in [5, 5.41) is 20.0. The van der Waals surface area contributed by atoms with Gasteiger partial charge in [-0.1, -0.05) is 18.2 Å². The Labute approximate surface area is 145 Å². The van der Waals surface area contributed by atoms with E-state index in [4.69, 9.17) is 9.47 Å². The first-order valence-electron chi connectivity index (χ1n) is 7.58. The fourth-order valence-electron chi connectivity index (χ4n) is 2.54. The lowest BCUT2D eigenvalue weighted by Gasteiger charge is -2.22. The average Bonchev–Trinajstić information content (AvgIpc) is 2.85. The molecule has 0 saturated carbocycles. The molecule has 26 heavy (non-hydrogen) atoms. The fourth-order valence-corrected chi connectivity index (χ4v) is 2.54. The number of carbonyl (C=O) groups excluding carboxylic acids is 1. The summed E-state index contributed by atoms with van der Waals surface area (Å²) >= 11 is 0. The molecule has 0 spiro atoms. The number of carbonyl (C=O) groups is 1. The van der Waals surface area contributed by atoms with Gasteiger partial charge in [-0.05, 0) is 12.1 Å². The van der Waals surface area contributed by atoms with Crippen LogP contribution in [0.4, 0.5) is 4.39 Å². The maximum absolute atomic E-state index is 14.9. The van der Waals surface area contributed by atoms with Crippen LogP contribution in [0.5, 0.6) is 0 Å². The summed E-state index contributed by atoms with van der Waals surface area (Å²) in [5.74, 6) is -3.79. The number of aromatic nitrogens is 2. The molecule has 0 aliphatic carbocycles. The van der Waals surface area contributed by atoms with Gasteiger partial charge in [0, 0.05) is 12.3 Å². The Kier molecular flexibility index (Phi) is 4.72. The van der Waals surface area contributed by atoms with E-state index < -0.39 is 48.1 Å². The van der Waals surface area contributed by atoms with Crippen LogP contribution in [0.15, 0.2) is 52.2 Å². The second-order valence-electron chi connectivity index (χ2n) is 5.69. The number of esters is 1. The molecule has 1 aromatic carbocycles. The molecular formula is C16H15FN2O7. The summed E-state index contributed by atoms with van der Waals surface area (Å²) in [6, 6.07) is 8.74. The Morgan fingerprint density at radius 3 is 2.62 bits per heavy atom. The molecule has 0 amide bonds. The molecule has 2 aromatic rings. The number of alkyl halides is 1. The number of halogens is 1. The highest BCUT2D eigenvalue weighted by molar-refractivity contribution is 5.89. The number of hydrogen-bond donors (Lipinski definition) is 3. The topological polar surface area (TPSA) is 131 Å². The highest BCUT2D eigenvalue weighted by atomic mass is 19.2. The van der Waals surface area contributed by atoms with Gasteiger partial charge in [0.25, 0.3) is 11.4 Å². The van der Waals surface area contributed by atoms with Crippen LogP contribution in [0, 0.1) is 0 Å². The van der Waals surface area contributed by atoms with Crippen LogP contribution in [-0.4, -0.2) is 50.4 Å². The second kappa shape index (κ2) is 6.83. The molecule has 4 atom stereocenters. The van der Waals surface area contributed by atoms with E-state index in [0.717, 1.165) is 16.8 Å². The third-order valence-electron chi connectivity index (χ3n) is 3.91. The van der Waals surface area contributed by atoms with Crippen molar-refractivity contribution in [3.05, 3.63) is 69.0 Å². The lowest BCUT2D eigenvalue weighted by atomic mass is 10.1. The van der Waals surface area contributed by atoms with Crippen molar-refractivity contribution < 1.29 is 28.9 Å². The molecule has 1 aromatic heterocycles. The van der Waals surface area contributed by atoms with Gasteiger partial charge in [-0.15, -0.1) is 0 Å². The van der Waals surface area contributed by atoms with E-state index in [1.165, 1.54) is 12.1 Å². The number of nitrogens with zero attached hydrogens (tertiary/aromatic N) is 1. The number of ether oxygens (including phenoxy) is 2. The standard InChI is InChI=1S/C16H15FN2O7/c17-16(8-25-14(23)9-4-2-1-3-5-9)12(22)11(21)13(26-16)19-7-6-10(20)18-15(19)24/h1-7,11-13,21-22H,8H2,(H,18,20,24)/t11-,12+,13?,16-/m1/s1. The molecule has 2 heterocycles. The lowest BCUT2D eigenvalue weighted by molar-refractivity contribution is -0.207. The van der Waals surface area contributed by atoms with E-state index in [1.54, 1.807) is 18.2 Å². The number of H-pyrrole nitrogens is 1. The van der Waals surface area contributed by atoms with Crippen LogP contribution in [-0.2, 0) is 9.47 Å². The molecule has 1 unspecified atom stereocenters. The highest BCUT2D eigenvalue weighted by Gasteiger charge is 2.57. The van der Waals surface area contributed by atoms with Crippen molar-refractivity contribution in [1.29, 1.82) is 0 Å². The predicted octanol–water partition coefficient (Wildman–Crippen LogP) is -0.690. The van der Waals surface area contributed by atoms with E-state index >= 15 is 0 Å². The van der Waals surface area contributed by atoms with E-state index in [1.807, 2.05) is 4.98 Å². The van der Waals surface area contributed by atoms with Crippen LogP contribution in [0.2, 0.25) is 0 Å². The third-order valence-corrected chi connectivity index (χ3v) is 3.91. The summed E-state index contributed by atoms with van der Waals surface area (Å²) in [4.78, 5) is 36.7. The largest absolute Gasteiger partial charge is 0.456 e. The van der Waals surface area contributed by atoms with Crippen LogP contribution >= 0.6 is 0 Å². The second-order valence-corrected chi connectivity index (χ2v) is 5.69. The van der Waals surface area contributed by atoms with Crippen LogP contribution in [0.3, 0.4) is 0 Å². The molecule has 138 valence electrons. The highest BCUT2D eigenvalue weighted by Crippen LogP contribution is 2.38. The van der Waals surface area contributed by atoms with Gasteiger partial charge >= 0.3 is 11.7 Å². The summed E-state index contributed by atoms with van der Waals surface area (Å²) in [7, 11) is 0. The van der Waals surface area contributed by atoms with Crippen LogP contribution < -0.4 is 11.2 Å². The van der Waals surface area contributed by atoms with Crippen molar-refractivity contribution in [2.45, 2.75) is 24.3 Å². The number of benzene rings is 1.